The van der Waals surface area contributed by atoms with Crippen molar-refractivity contribution in [1.82, 2.24) is 15.2 Å². The quantitative estimate of drug-likeness (QED) is 0.295. The molecular formula is C29H34N4O2. The Balaban J connectivity index is 1.52. The minimum atomic E-state index is -0.140. The van der Waals surface area contributed by atoms with Gasteiger partial charge in [-0.15, -0.1) is 0 Å². The number of fused-ring (bicyclic) bond motifs is 1. The van der Waals surface area contributed by atoms with Crippen LogP contribution in [0.2, 0.25) is 0 Å². The number of carbonyl (C=O) groups is 2. The third kappa shape index (κ3) is 5.23. The number of carbonyl (C=O) groups excluding carboxylic acids is 2. The lowest BCUT2D eigenvalue weighted by atomic mass is 9.99. The molecule has 6 heteroatoms. The van der Waals surface area contributed by atoms with Crippen molar-refractivity contribution in [3.8, 4) is 11.1 Å². The summed E-state index contributed by atoms with van der Waals surface area (Å²) in [5.74, 6) is -0.219. The van der Waals surface area contributed by atoms with Crippen molar-refractivity contribution in [2.75, 3.05) is 31.5 Å². The molecule has 0 aliphatic carbocycles. The second kappa shape index (κ2) is 10.7. The summed E-state index contributed by atoms with van der Waals surface area (Å²) < 4.78 is 0. The minimum absolute atomic E-state index is 0.0794. The first kappa shape index (κ1) is 24.5. The van der Waals surface area contributed by atoms with Gasteiger partial charge in [0.05, 0.1) is 11.1 Å². The van der Waals surface area contributed by atoms with Gasteiger partial charge in [0.2, 0.25) is 0 Å². The van der Waals surface area contributed by atoms with E-state index in [1.54, 1.807) is 0 Å². The number of hydrogen-bond donors (Lipinski definition) is 3. The number of nitrogens with one attached hydrogen (secondary N) is 3. The van der Waals surface area contributed by atoms with Gasteiger partial charge in [-0.2, -0.15) is 0 Å². The molecule has 1 aromatic heterocycles. The molecule has 0 radical (unpaired) electrons. The highest BCUT2D eigenvalue weighted by atomic mass is 16.2. The van der Waals surface area contributed by atoms with Crippen molar-refractivity contribution < 1.29 is 9.59 Å². The standard InChI is InChI=1S/C29H34N4O2/c1-5-33(6-2)16-10-15-30-29(35)27-19(3)25(31-20(27)4)18-24-23-14-13-22(17-26(23)32-28(24)34)21-11-8-7-9-12-21/h7-9,11-14,17-18,31H,5-6,10,15-16H2,1-4H3,(H,30,35)(H,32,34)/b24-18-. The molecule has 0 saturated heterocycles. The van der Waals surface area contributed by atoms with E-state index in [0.29, 0.717) is 17.7 Å². The van der Waals surface area contributed by atoms with Gasteiger partial charge in [-0.1, -0.05) is 56.3 Å². The van der Waals surface area contributed by atoms with Crippen LogP contribution in [0.5, 0.6) is 0 Å². The van der Waals surface area contributed by atoms with E-state index in [9.17, 15) is 9.59 Å². The fraction of sp³-hybridized carbons (Fsp3) is 0.310. The van der Waals surface area contributed by atoms with Crippen LogP contribution in [-0.2, 0) is 4.79 Å². The number of aryl methyl sites for hydroxylation is 1. The smallest absolute Gasteiger partial charge is 0.256 e. The minimum Gasteiger partial charge on any atom is -0.358 e. The fourth-order valence-electron chi connectivity index (χ4n) is 4.68. The normalized spacial score (nSPS) is 13.9. The lowest BCUT2D eigenvalue weighted by molar-refractivity contribution is -0.110. The second-order valence-electron chi connectivity index (χ2n) is 8.94. The predicted octanol–water partition coefficient (Wildman–Crippen LogP) is 5.25. The number of nitrogens with zero attached hydrogens (tertiary/aromatic N) is 1. The highest BCUT2D eigenvalue weighted by molar-refractivity contribution is 6.35. The Kier molecular flexibility index (Phi) is 7.51. The van der Waals surface area contributed by atoms with Crippen LogP contribution in [-0.4, -0.2) is 47.9 Å². The molecule has 2 aromatic carbocycles. The Morgan fingerprint density at radius 2 is 1.77 bits per heavy atom. The lowest BCUT2D eigenvalue weighted by Gasteiger charge is -2.17. The molecule has 3 N–H and O–H groups in total. The molecule has 6 nitrogen and oxygen atoms in total. The molecule has 35 heavy (non-hydrogen) atoms. The van der Waals surface area contributed by atoms with Crippen LogP contribution in [0, 0.1) is 13.8 Å². The summed E-state index contributed by atoms with van der Waals surface area (Å²) in [4.78, 5) is 31.4. The van der Waals surface area contributed by atoms with Crippen molar-refractivity contribution in [2.45, 2.75) is 34.1 Å². The second-order valence-corrected chi connectivity index (χ2v) is 8.94. The van der Waals surface area contributed by atoms with E-state index in [-0.39, 0.29) is 11.8 Å². The molecule has 0 spiro atoms. The third-order valence-electron chi connectivity index (χ3n) is 6.73. The Bertz CT molecular complexity index is 1250. The molecule has 2 amide bonds. The molecule has 0 saturated carbocycles. The number of hydrogen-bond acceptors (Lipinski definition) is 3. The van der Waals surface area contributed by atoms with Crippen LogP contribution in [0.3, 0.4) is 0 Å². The summed E-state index contributed by atoms with van der Waals surface area (Å²) in [6.07, 6.45) is 2.76. The highest BCUT2D eigenvalue weighted by Crippen LogP contribution is 2.36. The van der Waals surface area contributed by atoms with Gasteiger partial charge < -0.3 is 20.5 Å². The monoisotopic (exact) mass is 470 g/mol. The number of benzene rings is 2. The fourth-order valence-corrected chi connectivity index (χ4v) is 4.68. The van der Waals surface area contributed by atoms with Crippen molar-refractivity contribution in [1.29, 1.82) is 0 Å². The molecular weight excluding hydrogens is 436 g/mol. The zero-order valence-corrected chi connectivity index (χ0v) is 21.0. The summed E-state index contributed by atoms with van der Waals surface area (Å²) in [7, 11) is 0. The van der Waals surface area contributed by atoms with Crippen LogP contribution in [0.1, 0.15) is 53.1 Å². The van der Waals surface area contributed by atoms with E-state index in [1.807, 2.05) is 56.3 Å². The maximum atomic E-state index is 12.9. The van der Waals surface area contributed by atoms with Gasteiger partial charge in [0.25, 0.3) is 11.8 Å². The van der Waals surface area contributed by atoms with E-state index in [1.165, 1.54) is 0 Å². The summed E-state index contributed by atoms with van der Waals surface area (Å²) in [6, 6.07) is 16.1. The SMILES string of the molecule is CCN(CC)CCCNC(=O)c1c(C)[nH]c(/C=C2\C(=O)Nc3cc(-c4ccccc4)ccc32)c1C. The van der Waals surface area contributed by atoms with Crippen molar-refractivity contribution in [3.05, 3.63) is 76.6 Å². The largest absolute Gasteiger partial charge is 0.358 e. The average Bonchev–Trinajstić information content (AvgIpc) is 3.33. The summed E-state index contributed by atoms with van der Waals surface area (Å²) in [5.41, 5.74) is 7.49. The summed E-state index contributed by atoms with van der Waals surface area (Å²) in [6.45, 7) is 11.8. The molecule has 0 fully saturated rings. The van der Waals surface area contributed by atoms with Crippen LogP contribution in [0.25, 0.3) is 22.8 Å². The van der Waals surface area contributed by atoms with E-state index >= 15 is 0 Å². The molecule has 1 aliphatic rings. The van der Waals surface area contributed by atoms with Crippen molar-refractivity contribution in [3.63, 3.8) is 0 Å². The molecule has 1 aliphatic heterocycles. The van der Waals surface area contributed by atoms with Crippen LogP contribution >= 0.6 is 0 Å². The number of aromatic nitrogens is 1. The molecule has 0 atom stereocenters. The lowest BCUT2D eigenvalue weighted by Crippen LogP contribution is -2.30. The number of amides is 2. The van der Waals surface area contributed by atoms with E-state index in [4.69, 9.17) is 0 Å². The molecule has 4 rings (SSSR count). The van der Waals surface area contributed by atoms with E-state index in [0.717, 1.165) is 65.4 Å². The maximum absolute atomic E-state index is 12.9. The van der Waals surface area contributed by atoms with Gasteiger partial charge in [0, 0.05) is 29.2 Å². The van der Waals surface area contributed by atoms with Crippen molar-refractivity contribution >= 4 is 29.2 Å². The van der Waals surface area contributed by atoms with Gasteiger partial charge in [-0.05, 0) is 68.7 Å². The number of anilines is 1. The maximum Gasteiger partial charge on any atom is 0.256 e. The first-order valence-electron chi connectivity index (χ1n) is 12.4. The van der Waals surface area contributed by atoms with Crippen LogP contribution < -0.4 is 10.6 Å². The topological polar surface area (TPSA) is 77.2 Å². The summed E-state index contributed by atoms with van der Waals surface area (Å²) >= 11 is 0. The van der Waals surface area contributed by atoms with Gasteiger partial charge in [-0.25, -0.2) is 0 Å². The Labute approximate surface area is 207 Å². The van der Waals surface area contributed by atoms with E-state index < -0.39 is 0 Å². The number of aromatic amines is 1. The van der Waals surface area contributed by atoms with Gasteiger partial charge in [0.15, 0.2) is 0 Å². The Morgan fingerprint density at radius 3 is 2.49 bits per heavy atom. The third-order valence-corrected chi connectivity index (χ3v) is 6.73. The van der Waals surface area contributed by atoms with Gasteiger partial charge in [-0.3, -0.25) is 9.59 Å². The van der Waals surface area contributed by atoms with Gasteiger partial charge >= 0.3 is 0 Å². The zero-order valence-electron chi connectivity index (χ0n) is 21.0. The molecule has 2 heterocycles. The molecule has 182 valence electrons. The van der Waals surface area contributed by atoms with Crippen LogP contribution in [0.15, 0.2) is 48.5 Å². The molecule has 0 unspecified atom stereocenters. The first-order chi connectivity index (χ1) is 16.9. The molecule has 0 bridgehead atoms. The van der Waals surface area contributed by atoms with Crippen molar-refractivity contribution in [2.24, 2.45) is 0 Å². The first-order valence-corrected chi connectivity index (χ1v) is 12.4. The Hall–Kier alpha value is -3.64. The average molecular weight is 471 g/mol. The van der Waals surface area contributed by atoms with E-state index in [2.05, 4.69) is 46.5 Å². The van der Waals surface area contributed by atoms with Gasteiger partial charge in [0.1, 0.15) is 0 Å². The molecule has 3 aromatic rings. The number of H-pyrrole nitrogens is 1. The summed E-state index contributed by atoms with van der Waals surface area (Å²) in [5, 5.41) is 6.04. The zero-order chi connectivity index (χ0) is 24.9. The Morgan fingerprint density at radius 1 is 1.03 bits per heavy atom. The number of rotatable bonds is 9. The predicted molar refractivity (Wildman–Crippen MR) is 143 cm³/mol. The highest BCUT2D eigenvalue weighted by Gasteiger charge is 2.26. The van der Waals surface area contributed by atoms with Crippen LogP contribution in [0.4, 0.5) is 5.69 Å².